The molecule has 178 valence electrons. The zero-order chi connectivity index (χ0) is 22.2. The zero-order valence-electron chi connectivity index (χ0n) is 21.1. The van der Waals surface area contributed by atoms with Crippen molar-refractivity contribution in [3.8, 4) is 0 Å². The van der Waals surface area contributed by atoms with Gasteiger partial charge >= 0.3 is 0 Å². The number of halogens is 1. The number of fused-ring (bicyclic) bond motifs is 5. The molecule has 8 atom stereocenters. The molecule has 3 saturated carbocycles. The maximum Gasteiger partial charge on any atom is 0.0613 e. The lowest BCUT2D eigenvalue weighted by Crippen LogP contribution is -2.51. The monoisotopic (exact) mass is 540 g/mol. The lowest BCUT2D eigenvalue weighted by molar-refractivity contribution is -0.0628. The Balaban J connectivity index is 1.45. The number of alkyl halides is 1. The van der Waals surface area contributed by atoms with Gasteiger partial charge in [-0.15, -0.1) is 0 Å². The molecule has 0 aromatic heterocycles. The molecule has 0 heterocycles. The van der Waals surface area contributed by atoms with Crippen molar-refractivity contribution in [3.63, 3.8) is 0 Å². The second kappa shape index (κ2) is 9.96. The molecule has 0 saturated heterocycles. The molecule has 0 bridgehead atoms. The summed E-state index contributed by atoms with van der Waals surface area (Å²) >= 11 is 2.44. The fourth-order valence-electron chi connectivity index (χ4n) is 9.01. The first kappa shape index (κ1) is 24.6. The summed E-state index contributed by atoms with van der Waals surface area (Å²) < 4.78 is 7.30. The van der Waals surface area contributed by atoms with E-state index in [1.807, 2.05) is 0 Å². The molecule has 0 radical (unpaired) electrons. The Labute approximate surface area is 207 Å². The summed E-state index contributed by atoms with van der Waals surface area (Å²) in [7, 11) is 0. The van der Waals surface area contributed by atoms with Crippen LogP contribution in [0.1, 0.15) is 105 Å². The van der Waals surface area contributed by atoms with Crippen LogP contribution in [0.2, 0.25) is 0 Å². The van der Waals surface area contributed by atoms with E-state index in [0.717, 1.165) is 46.5 Å². The third-order valence-electron chi connectivity index (χ3n) is 10.7. The van der Waals surface area contributed by atoms with Crippen LogP contribution >= 0.6 is 22.6 Å². The summed E-state index contributed by atoms with van der Waals surface area (Å²) in [5.41, 5.74) is 2.86. The van der Waals surface area contributed by atoms with Gasteiger partial charge in [-0.05, 0) is 97.7 Å². The average Bonchev–Trinajstić information content (AvgIpc) is 3.09. The van der Waals surface area contributed by atoms with Gasteiger partial charge in [0.15, 0.2) is 0 Å². The van der Waals surface area contributed by atoms with Gasteiger partial charge in [0, 0.05) is 4.43 Å². The highest BCUT2D eigenvalue weighted by Gasteiger charge is 2.59. The van der Waals surface area contributed by atoms with Crippen LogP contribution in [-0.4, -0.2) is 17.1 Å². The topological polar surface area (TPSA) is 9.23 Å². The molecule has 0 unspecified atom stereocenters. The summed E-state index contributed by atoms with van der Waals surface area (Å²) in [5, 5.41) is 0. The quantitative estimate of drug-likeness (QED) is 0.170. The van der Waals surface area contributed by atoms with Crippen molar-refractivity contribution in [2.24, 2.45) is 46.3 Å². The highest BCUT2D eigenvalue weighted by atomic mass is 127. The molecule has 0 N–H and O–H groups in total. The molecule has 0 spiro atoms. The van der Waals surface area contributed by atoms with Gasteiger partial charge < -0.3 is 4.74 Å². The van der Waals surface area contributed by atoms with E-state index in [1.54, 1.807) is 5.57 Å². The van der Waals surface area contributed by atoms with Crippen LogP contribution in [0.3, 0.4) is 0 Å². The van der Waals surface area contributed by atoms with E-state index in [-0.39, 0.29) is 0 Å². The van der Waals surface area contributed by atoms with Crippen LogP contribution in [0.15, 0.2) is 11.6 Å². The molecule has 3 fully saturated rings. The van der Waals surface area contributed by atoms with Gasteiger partial charge in [-0.1, -0.05) is 88.1 Å². The Morgan fingerprint density at radius 1 is 1.03 bits per heavy atom. The van der Waals surface area contributed by atoms with Crippen LogP contribution in [0.25, 0.3) is 0 Å². The van der Waals surface area contributed by atoms with Gasteiger partial charge in [0.05, 0.1) is 12.7 Å². The average molecular weight is 541 g/mol. The lowest BCUT2D eigenvalue weighted by Gasteiger charge is -2.58. The zero-order valence-corrected chi connectivity index (χ0v) is 23.3. The normalized spacial score (nSPS) is 43.2. The smallest absolute Gasteiger partial charge is 0.0613 e. The van der Waals surface area contributed by atoms with E-state index >= 15 is 0 Å². The molecule has 0 amide bonds. The van der Waals surface area contributed by atoms with E-state index < -0.39 is 0 Å². The molecular formula is C29H49IO. The largest absolute Gasteiger partial charge is 0.377 e. The van der Waals surface area contributed by atoms with Gasteiger partial charge in [-0.2, -0.15) is 0 Å². The van der Waals surface area contributed by atoms with Crippen LogP contribution in [0.5, 0.6) is 0 Å². The number of ether oxygens (including phenoxy) is 1. The molecule has 0 aromatic rings. The van der Waals surface area contributed by atoms with E-state index in [4.69, 9.17) is 4.74 Å². The summed E-state index contributed by atoms with van der Waals surface area (Å²) in [6.07, 6.45) is 18.7. The lowest BCUT2D eigenvalue weighted by atomic mass is 9.47. The predicted octanol–water partition coefficient (Wildman–Crippen LogP) is 8.85. The molecule has 1 nitrogen and oxygen atoms in total. The highest BCUT2D eigenvalue weighted by Crippen LogP contribution is 2.67. The Hall–Kier alpha value is 0.430. The third kappa shape index (κ3) is 4.69. The molecule has 4 aliphatic carbocycles. The molecule has 4 aliphatic rings. The minimum atomic E-state index is 0.468. The van der Waals surface area contributed by atoms with Crippen molar-refractivity contribution in [1.29, 1.82) is 0 Å². The first-order chi connectivity index (χ1) is 14.8. The van der Waals surface area contributed by atoms with Gasteiger partial charge in [-0.25, -0.2) is 0 Å². The molecular weight excluding hydrogens is 491 g/mol. The number of hydrogen-bond donors (Lipinski definition) is 0. The van der Waals surface area contributed by atoms with Crippen LogP contribution < -0.4 is 0 Å². The second-order valence-corrected chi connectivity index (χ2v) is 13.8. The number of allylic oxidation sites excluding steroid dienone is 1. The molecule has 0 aliphatic heterocycles. The van der Waals surface area contributed by atoms with Crippen molar-refractivity contribution in [2.75, 3.05) is 11.0 Å². The Bertz CT molecular complexity index is 641. The van der Waals surface area contributed by atoms with E-state index in [1.165, 1.54) is 70.6 Å². The molecule has 2 heteroatoms. The van der Waals surface area contributed by atoms with E-state index in [0.29, 0.717) is 16.9 Å². The Kier molecular flexibility index (Phi) is 7.89. The van der Waals surface area contributed by atoms with Crippen molar-refractivity contribution >= 4 is 22.6 Å². The van der Waals surface area contributed by atoms with Crippen LogP contribution in [0.4, 0.5) is 0 Å². The predicted molar refractivity (Wildman–Crippen MR) is 142 cm³/mol. The van der Waals surface area contributed by atoms with E-state index in [2.05, 4.69) is 63.3 Å². The fourth-order valence-corrected chi connectivity index (χ4v) is 9.26. The Morgan fingerprint density at radius 3 is 2.58 bits per heavy atom. The van der Waals surface area contributed by atoms with Gasteiger partial charge in [0.2, 0.25) is 0 Å². The first-order valence-corrected chi connectivity index (χ1v) is 15.2. The summed E-state index contributed by atoms with van der Waals surface area (Å²) in [6, 6.07) is 0. The molecule has 4 rings (SSSR count). The van der Waals surface area contributed by atoms with Crippen LogP contribution in [-0.2, 0) is 4.74 Å². The number of rotatable bonds is 8. The summed E-state index contributed by atoms with van der Waals surface area (Å²) in [5.74, 6) is 5.62. The third-order valence-corrected chi connectivity index (χ3v) is 11.1. The summed E-state index contributed by atoms with van der Waals surface area (Å²) in [4.78, 5) is 0. The second-order valence-electron chi connectivity index (χ2n) is 12.7. The minimum Gasteiger partial charge on any atom is -0.377 e. The molecule has 31 heavy (non-hydrogen) atoms. The molecule has 0 aromatic carbocycles. The standard InChI is InChI=1S/C29H49IO/c1-20(2)7-6-8-21(3)25-11-12-26-24-10-9-22-19-23(31-18-17-30)13-15-28(22,4)27(24)14-16-29(25,26)5/h9,20-21,23-27H,6-8,10-19H2,1-5H3/t21-,23+,24+,25-,26+,27+,28+,29-/m1/s1. The minimum absolute atomic E-state index is 0.468. The van der Waals surface area contributed by atoms with Gasteiger partial charge in [-0.3, -0.25) is 0 Å². The maximum absolute atomic E-state index is 6.19. The highest BCUT2D eigenvalue weighted by molar-refractivity contribution is 14.1. The van der Waals surface area contributed by atoms with Crippen LogP contribution in [0, 0.1) is 46.3 Å². The maximum atomic E-state index is 6.19. The number of hydrogen-bond acceptors (Lipinski definition) is 1. The fraction of sp³-hybridized carbons (Fsp3) is 0.931. The first-order valence-electron chi connectivity index (χ1n) is 13.7. The van der Waals surface area contributed by atoms with Crippen molar-refractivity contribution < 1.29 is 4.74 Å². The van der Waals surface area contributed by atoms with Crippen molar-refractivity contribution in [2.45, 2.75) is 111 Å². The van der Waals surface area contributed by atoms with Crippen molar-refractivity contribution in [3.05, 3.63) is 11.6 Å². The Morgan fingerprint density at radius 2 is 1.84 bits per heavy atom. The van der Waals surface area contributed by atoms with Crippen molar-refractivity contribution in [1.82, 2.24) is 0 Å². The van der Waals surface area contributed by atoms with Gasteiger partial charge in [0.1, 0.15) is 0 Å². The van der Waals surface area contributed by atoms with E-state index in [9.17, 15) is 0 Å². The summed E-state index contributed by atoms with van der Waals surface area (Å²) in [6.45, 7) is 13.7. The van der Waals surface area contributed by atoms with Gasteiger partial charge in [0.25, 0.3) is 0 Å². The SMILES string of the molecule is CC(C)CCC[C@@H](C)[C@H]1CC[C@H]2[C@@H]3CC=C4C[C@@H](OCCI)CC[C@]4(C)[C@H]3CC[C@]12C.